The predicted octanol–water partition coefficient (Wildman–Crippen LogP) is 2.80. The summed E-state index contributed by atoms with van der Waals surface area (Å²) in [6, 6.07) is 7.47. The molecule has 0 aromatic heterocycles. The van der Waals surface area contributed by atoms with Crippen molar-refractivity contribution in [1.29, 1.82) is 0 Å². The molecule has 0 saturated heterocycles. The molecule has 4 heteroatoms. The molecule has 0 aliphatic carbocycles. The highest BCUT2D eigenvalue weighted by Gasteiger charge is 2.03. The molecule has 0 radical (unpaired) electrons. The number of benzene rings is 1. The molecule has 0 spiro atoms. The Hall–Kier alpha value is -1.55. The van der Waals surface area contributed by atoms with E-state index in [1.54, 1.807) is 0 Å². The maximum atomic E-state index is 11.6. The number of carbonyl (C=O) groups is 1. The van der Waals surface area contributed by atoms with Gasteiger partial charge in [-0.15, -0.1) is 0 Å². The fraction of sp³-hybridized carbons (Fsp3) is 0.533. The Balaban J connectivity index is 2.41. The van der Waals surface area contributed by atoms with E-state index in [2.05, 4.69) is 24.5 Å². The number of ether oxygens (including phenoxy) is 1. The van der Waals surface area contributed by atoms with Crippen LogP contribution in [-0.2, 0) is 4.79 Å². The Labute approximate surface area is 115 Å². The van der Waals surface area contributed by atoms with Crippen molar-refractivity contribution in [3.63, 3.8) is 0 Å². The molecule has 0 saturated carbocycles. The topological polar surface area (TPSA) is 50.4 Å². The van der Waals surface area contributed by atoms with Crippen LogP contribution in [0, 0.1) is 0 Å². The zero-order valence-electron chi connectivity index (χ0n) is 12.0. The summed E-state index contributed by atoms with van der Waals surface area (Å²) in [4.78, 5) is 11.6. The van der Waals surface area contributed by atoms with Crippen molar-refractivity contribution >= 4 is 11.6 Å². The molecule has 0 bridgehead atoms. The standard InChI is InChI=1S/C15H24N2O2/c1-4-10-16-11-15(18)17-13-6-8-14(9-7-13)19-12(3)5-2/h6-9,12,16H,4-5,10-11H2,1-3H3,(H,17,18). The second-order valence-electron chi connectivity index (χ2n) is 4.59. The lowest BCUT2D eigenvalue weighted by molar-refractivity contribution is -0.115. The molecule has 106 valence electrons. The first-order valence-electron chi connectivity index (χ1n) is 6.93. The number of hydrogen-bond acceptors (Lipinski definition) is 3. The van der Waals surface area contributed by atoms with E-state index in [0.717, 1.165) is 30.8 Å². The highest BCUT2D eigenvalue weighted by Crippen LogP contribution is 2.17. The van der Waals surface area contributed by atoms with Crippen molar-refractivity contribution in [2.24, 2.45) is 0 Å². The Morgan fingerprint density at radius 3 is 2.53 bits per heavy atom. The summed E-state index contributed by atoms with van der Waals surface area (Å²) >= 11 is 0. The Bertz CT molecular complexity index is 376. The molecule has 1 aromatic rings. The van der Waals surface area contributed by atoms with Gasteiger partial charge in [0, 0.05) is 5.69 Å². The first kappa shape index (κ1) is 15.5. The van der Waals surface area contributed by atoms with Gasteiger partial charge in [0.15, 0.2) is 0 Å². The number of amides is 1. The van der Waals surface area contributed by atoms with Crippen molar-refractivity contribution in [2.75, 3.05) is 18.4 Å². The Kier molecular flexibility index (Phi) is 6.97. The van der Waals surface area contributed by atoms with E-state index in [9.17, 15) is 4.79 Å². The Morgan fingerprint density at radius 2 is 1.95 bits per heavy atom. The van der Waals surface area contributed by atoms with Crippen LogP contribution in [-0.4, -0.2) is 25.1 Å². The molecule has 1 rings (SSSR count). The third kappa shape index (κ3) is 6.25. The summed E-state index contributed by atoms with van der Waals surface area (Å²) in [5.74, 6) is 0.806. The summed E-state index contributed by atoms with van der Waals surface area (Å²) < 4.78 is 5.68. The third-order valence-corrected chi connectivity index (χ3v) is 2.76. The van der Waals surface area contributed by atoms with Crippen molar-refractivity contribution < 1.29 is 9.53 Å². The fourth-order valence-corrected chi connectivity index (χ4v) is 1.52. The van der Waals surface area contributed by atoms with Crippen LogP contribution in [0.25, 0.3) is 0 Å². The van der Waals surface area contributed by atoms with E-state index >= 15 is 0 Å². The second-order valence-corrected chi connectivity index (χ2v) is 4.59. The third-order valence-electron chi connectivity index (χ3n) is 2.76. The second kappa shape index (κ2) is 8.53. The Morgan fingerprint density at radius 1 is 1.26 bits per heavy atom. The zero-order valence-corrected chi connectivity index (χ0v) is 12.0. The van der Waals surface area contributed by atoms with E-state index in [-0.39, 0.29) is 12.0 Å². The summed E-state index contributed by atoms with van der Waals surface area (Å²) in [6.07, 6.45) is 2.20. The molecule has 0 aliphatic heterocycles. The molecule has 4 nitrogen and oxygen atoms in total. The maximum Gasteiger partial charge on any atom is 0.238 e. The number of rotatable bonds is 8. The highest BCUT2D eigenvalue weighted by atomic mass is 16.5. The number of hydrogen-bond donors (Lipinski definition) is 2. The van der Waals surface area contributed by atoms with Crippen molar-refractivity contribution in [2.45, 2.75) is 39.7 Å². The van der Waals surface area contributed by atoms with Gasteiger partial charge in [-0.2, -0.15) is 0 Å². The minimum atomic E-state index is -0.0240. The van der Waals surface area contributed by atoms with Crippen LogP contribution in [0.15, 0.2) is 24.3 Å². The van der Waals surface area contributed by atoms with Gasteiger partial charge < -0.3 is 15.4 Å². The molecular formula is C15H24N2O2. The number of anilines is 1. The van der Waals surface area contributed by atoms with E-state index < -0.39 is 0 Å². The summed E-state index contributed by atoms with van der Waals surface area (Å²) in [5, 5.41) is 5.90. The lowest BCUT2D eigenvalue weighted by Crippen LogP contribution is -2.28. The molecule has 1 atom stereocenters. The van der Waals surface area contributed by atoms with E-state index in [4.69, 9.17) is 4.74 Å². The lowest BCUT2D eigenvalue weighted by atomic mass is 10.2. The lowest BCUT2D eigenvalue weighted by Gasteiger charge is -2.13. The quantitative estimate of drug-likeness (QED) is 0.710. The van der Waals surface area contributed by atoms with Gasteiger partial charge >= 0.3 is 0 Å². The highest BCUT2D eigenvalue weighted by molar-refractivity contribution is 5.92. The number of carbonyl (C=O) groups excluding carboxylic acids is 1. The molecule has 1 amide bonds. The minimum absolute atomic E-state index is 0.0240. The predicted molar refractivity (Wildman–Crippen MR) is 78.6 cm³/mol. The van der Waals surface area contributed by atoms with Crippen molar-refractivity contribution in [3.05, 3.63) is 24.3 Å². The molecule has 19 heavy (non-hydrogen) atoms. The van der Waals surface area contributed by atoms with Gasteiger partial charge in [-0.25, -0.2) is 0 Å². The van der Waals surface area contributed by atoms with Crippen LogP contribution in [0.4, 0.5) is 5.69 Å². The van der Waals surface area contributed by atoms with Gasteiger partial charge in [-0.1, -0.05) is 13.8 Å². The van der Waals surface area contributed by atoms with Crippen molar-refractivity contribution in [1.82, 2.24) is 5.32 Å². The number of nitrogens with one attached hydrogen (secondary N) is 2. The maximum absolute atomic E-state index is 11.6. The monoisotopic (exact) mass is 264 g/mol. The van der Waals surface area contributed by atoms with Crippen LogP contribution in [0.2, 0.25) is 0 Å². The van der Waals surface area contributed by atoms with Crippen LogP contribution < -0.4 is 15.4 Å². The van der Waals surface area contributed by atoms with Gasteiger partial charge in [0.2, 0.25) is 5.91 Å². The zero-order chi connectivity index (χ0) is 14.1. The summed E-state index contributed by atoms with van der Waals surface area (Å²) in [7, 11) is 0. The van der Waals surface area contributed by atoms with Gasteiger partial charge in [0.25, 0.3) is 0 Å². The van der Waals surface area contributed by atoms with E-state index in [1.807, 2.05) is 31.2 Å². The van der Waals surface area contributed by atoms with E-state index in [0.29, 0.717) is 6.54 Å². The molecule has 0 fully saturated rings. The summed E-state index contributed by atoms with van der Waals surface area (Å²) in [6.45, 7) is 7.40. The van der Waals surface area contributed by atoms with Crippen molar-refractivity contribution in [3.8, 4) is 5.75 Å². The molecule has 0 heterocycles. The summed E-state index contributed by atoms with van der Waals surface area (Å²) in [5.41, 5.74) is 0.791. The molecule has 2 N–H and O–H groups in total. The van der Waals surface area contributed by atoms with Gasteiger partial charge in [-0.05, 0) is 50.6 Å². The van der Waals surface area contributed by atoms with Crippen LogP contribution >= 0.6 is 0 Å². The van der Waals surface area contributed by atoms with Crippen LogP contribution in [0.5, 0.6) is 5.75 Å². The van der Waals surface area contributed by atoms with Crippen LogP contribution in [0.3, 0.4) is 0 Å². The minimum Gasteiger partial charge on any atom is -0.491 e. The van der Waals surface area contributed by atoms with Gasteiger partial charge in [-0.3, -0.25) is 4.79 Å². The van der Waals surface area contributed by atoms with Gasteiger partial charge in [0.05, 0.1) is 12.6 Å². The van der Waals surface area contributed by atoms with E-state index in [1.165, 1.54) is 0 Å². The normalized spacial score (nSPS) is 11.9. The first-order valence-corrected chi connectivity index (χ1v) is 6.93. The SMILES string of the molecule is CCCNCC(=O)Nc1ccc(OC(C)CC)cc1. The average Bonchev–Trinajstić information content (AvgIpc) is 2.41. The smallest absolute Gasteiger partial charge is 0.238 e. The largest absolute Gasteiger partial charge is 0.491 e. The molecule has 0 aliphatic rings. The fourth-order valence-electron chi connectivity index (χ4n) is 1.52. The molecule has 1 aromatic carbocycles. The van der Waals surface area contributed by atoms with Crippen LogP contribution in [0.1, 0.15) is 33.6 Å². The van der Waals surface area contributed by atoms with Gasteiger partial charge in [0.1, 0.15) is 5.75 Å². The average molecular weight is 264 g/mol. The molecular weight excluding hydrogens is 240 g/mol. The molecule has 1 unspecified atom stereocenters. The first-order chi connectivity index (χ1) is 9.15.